The number of carbonyl (C=O) groups is 3. The molecule has 2 heterocycles. The molecule has 2 amide bonds. The quantitative estimate of drug-likeness (QED) is 0.479. The van der Waals surface area contributed by atoms with Crippen LogP contribution < -0.4 is 10.5 Å². The van der Waals surface area contributed by atoms with Gasteiger partial charge in [-0.05, 0) is 29.7 Å². The van der Waals surface area contributed by atoms with Gasteiger partial charge in [-0.1, -0.05) is 30.3 Å². The van der Waals surface area contributed by atoms with Gasteiger partial charge in [0.05, 0.1) is 6.54 Å². The molecule has 0 aliphatic carbocycles. The van der Waals surface area contributed by atoms with E-state index in [1.54, 1.807) is 30.9 Å². The zero-order chi connectivity index (χ0) is 23.4. The first-order valence-corrected chi connectivity index (χ1v) is 10.4. The van der Waals surface area contributed by atoms with E-state index < -0.39 is 17.9 Å². The number of carboxylic acids is 1. The average molecular weight is 449 g/mol. The lowest BCUT2D eigenvalue weighted by Gasteiger charge is -2.24. The van der Waals surface area contributed by atoms with Crippen molar-refractivity contribution in [1.29, 1.82) is 0 Å². The molecule has 33 heavy (non-hydrogen) atoms. The van der Waals surface area contributed by atoms with Crippen LogP contribution in [0.25, 0.3) is 0 Å². The van der Waals surface area contributed by atoms with Gasteiger partial charge in [0.1, 0.15) is 31.1 Å². The first-order chi connectivity index (χ1) is 15.9. The Kier molecular flexibility index (Phi) is 6.34. The van der Waals surface area contributed by atoms with E-state index in [0.29, 0.717) is 30.0 Å². The number of carboxylic acid groups (broad SMARTS) is 1. The normalized spacial score (nSPS) is 13.6. The summed E-state index contributed by atoms with van der Waals surface area (Å²) >= 11 is 0. The predicted molar refractivity (Wildman–Crippen MR) is 116 cm³/mol. The van der Waals surface area contributed by atoms with E-state index in [-0.39, 0.29) is 25.3 Å². The Morgan fingerprint density at radius 3 is 2.45 bits per heavy atom. The summed E-state index contributed by atoms with van der Waals surface area (Å²) in [6.45, 7) is 1.10. The van der Waals surface area contributed by atoms with Crippen molar-refractivity contribution in [1.82, 2.24) is 19.7 Å². The van der Waals surface area contributed by atoms with Crippen LogP contribution in [0, 0.1) is 0 Å². The minimum absolute atomic E-state index is 0.0396. The third-order valence-electron chi connectivity index (χ3n) is 5.54. The number of aromatic nitrogens is 3. The van der Waals surface area contributed by atoms with Gasteiger partial charge in [-0.25, -0.2) is 0 Å². The highest BCUT2D eigenvalue weighted by molar-refractivity contribution is 6.01. The fourth-order valence-corrected chi connectivity index (χ4v) is 3.84. The van der Waals surface area contributed by atoms with Crippen molar-refractivity contribution in [2.24, 2.45) is 5.73 Å². The maximum atomic E-state index is 12.9. The standard InChI is InChI=1S/C23H23N5O5/c24-22(31)19(8-9-21(29)30)28-11-18-17(23(28)32)2-1-3-20(18)33-12-16-6-4-15(5-7-16)10-27-13-25-26-14-27/h1-7,13-14,19H,8-12H2,(H2,24,31)(H,29,30). The first kappa shape index (κ1) is 22.0. The van der Waals surface area contributed by atoms with E-state index >= 15 is 0 Å². The van der Waals surface area contributed by atoms with Crippen molar-refractivity contribution in [3.63, 3.8) is 0 Å². The van der Waals surface area contributed by atoms with Gasteiger partial charge in [-0.3, -0.25) is 14.4 Å². The smallest absolute Gasteiger partial charge is 0.303 e. The van der Waals surface area contributed by atoms with Crippen LogP contribution in [0.1, 0.15) is 39.9 Å². The molecule has 1 aliphatic rings. The van der Waals surface area contributed by atoms with Crippen LogP contribution in [0.5, 0.6) is 5.75 Å². The molecule has 10 heteroatoms. The number of ether oxygens (including phenoxy) is 1. The first-order valence-electron chi connectivity index (χ1n) is 10.4. The van der Waals surface area contributed by atoms with Crippen molar-refractivity contribution in [3.8, 4) is 5.75 Å². The molecule has 1 atom stereocenters. The summed E-state index contributed by atoms with van der Waals surface area (Å²) in [5.41, 5.74) is 8.60. The molecule has 0 radical (unpaired) electrons. The molecule has 1 unspecified atom stereocenters. The highest BCUT2D eigenvalue weighted by Gasteiger charge is 2.37. The van der Waals surface area contributed by atoms with Gasteiger partial charge in [0.2, 0.25) is 5.91 Å². The number of benzene rings is 2. The number of carbonyl (C=O) groups excluding carboxylic acids is 2. The minimum Gasteiger partial charge on any atom is -0.489 e. The summed E-state index contributed by atoms with van der Waals surface area (Å²) in [6, 6.07) is 12.1. The molecule has 3 aromatic rings. The topological polar surface area (TPSA) is 141 Å². The number of hydrogen-bond donors (Lipinski definition) is 2. The molecular weight excluding hydrogens is 426 g/mol. The van der Waals surface area contributed by atoms with Gasteiger partial charge in [-0.15, -0.1) is 10.2 Å². The molecule has 2 aromatic carbocycles. The van der Waals surface area contributed by atoms with E-state index in [1.165, 1.54) is 4.90 Å². The van der Waals surface area contributed by atoms with Gasteiger partial charge in [0.25, 0.3) is 5.91 Å². The molecule has 0 bridgehead atoms. The van der Waals surface area contributed by atoms with Crippen LogP contribution in [0.2, 0.25) is 0 Å². The van der Waals surface area contributed by atoms with Gasteiger partial charge in [0.15, 0.2) is 0 Å². The summed E-state index contributed by atoms with van der Waals surface area (Å²) in [4.78, 5) is 37.1. The van der Waals surface area contributed by atoms with Gasteiger partial charge in [-0.2, -0.15) is 0 Å². The fourth-order valence-electron chi connectivity index (χ4n) is 3.84. The van der Waals surface area contributed by atoms with Crippen LogP contribution in [0.15, 0.2) is 55.1 Å². The van der Waals surface area contributed by atoms with Crippen LogP contribution in [-0.2, 0) is 29.3 Å². The van der Waals surface area contributed by atoms with Gasteiger partial charge < -0.3 is 25.0 Å². The minimum atomic E-state index is -1.05. The second kappa shape index (κ2) is 9.51. The summed E-state index contributed by atoms with van der Waals surface area (Å²) in [6.07, 6.45) is 3.01. The Bertz CT molecular complexity index is 1160. The van der Waals surface area contributed by atoms with Gasteiger partial charge >= 0.3 is 5.97 Å². The molecular formula is C23H23N5O5. The van der Waals surface area contributed by atoms with Crippen LogP contribution in [0.4, 0.5) is 0 Å². The Labute approximate surface area is 189 Å². The second-order valence-corrected chi connectivity index (χ2v) is 7.81. The predicted octanol–water partition coefficient (Wildman–Crippen LogP) is 1.58. The van der Waals surface area contributed by atoms with E-state index in [0.717, 1.165) is 11.1 Å². The summed E-state index contributed by atoms with van der Waals surface area (Å²) < 4.78 is 7.87. The third-order valence-corrected chi connectivity index (χ3v) is 5.54. The highest BCUT2D eigenvalue weighted by Crippen LogP contribution is 2.33. The molecule has 0 fully saturated rings. The molecule has 0 saturated heterocycles. The Hall–Kier alpha value is -4.21. The van der Waals surface area contributed by atoms with Gasteiger partial charge in [0, 0.05) is 24.1 Å². The highest BCUT2D eigenvalue weighted by atomic mass is 16.5. The Balaban J connectivity index is 1.44. The fraction of sp³-hybridized carbons (Fsp3) is 0.261. The van der Waals surface area contributed by atoms with Crippen molar-refractivity contribution >= 4 is 17.8 Å². The zero-order valence-corrected chi connectivity index (χ0v) is 17.8. The third kappa shape index (κ3) is 5.00. The lowest BCUT2D eigenvalue weighted by molar-refractivity contribution is -0.137. The maximum absolute atomic E-state index is 12.9. The molecule has 3 N–H and O–H groups in total. The number of hydrogen-bond acceptors (Lipinski definition) is 6. The summed E-state index contributed by atoms with van der Waals surface area (Å²) in [5, 5.41) is 16.5. The van der Waals surface area contributed by atoms with Crippen molar-refractivity contribution in [2.45, 2.75) is 38.6 Å². The molecule has 170 valence electrons. The van der Waals surface area contributed by atoms with Crippen molar-refractivity contribution in [2.75, 3.05) is 0 Å². The van der Waals surface area contributed by atoms with E-state index in [4.69, 9.17) is 15.6 Å². The van der Waals surface area contributed by atoms with Crippen LogP contribution in [-0.4, -0.2) is 48.6 Å². The summed E-state index contributed by atoms with van der Waals surface area (Å²) in [7, 11) is 0. The number of nitrogens with zero attached hydrogens (tertiary/aromatic N) is 4. The Morgan fingerprint density at radius 1 is 1.09 bits per heavy atom. The maximum Gasteiger partial charge on any atom is 0.303 e. The number of aliphatic carboxylic acids is 1. The lowest BCUT2D eigenvalue weighted by atomic mass is 10.1. The van der Waals surface area contributed by atoms with E-state index in [9.17, 15) is 14.4 Å². The number of primary amides is 1. The molecule has 4 rings (SSSR count). The van der Waals surface area contributed by atoms with Crippen molar-refractivity contribution < 1.29 is 24.2 Å². The van der Waals surface area contributed by atoms with E-state index in [1.807, 2.05) is 28.8 Å². The molecule has 0 spiro atoms. The zero-order valence-electron chi connectivity index (χ0n) is 17.8. The monoisotopic (exact) mass is 449 g/mol. The molecule has 10 nitrogen and oxygen atoms in total. The van der Waals surface area contributed by atoms with Crippen molar-refractivity contribution in [3.05, 3.63) is 77.4 Å². The number of amides is 2. The van der Waals surface area contributed by atoms with Crippen LogP contribution >= 0.6 is 0 Å². The Morgan fingerprint density at radius 2 is 1.79 bits per heavy atom. The number of rotatable bonds is 10. The van der Waals surface area contributed by atoms with Crippen LogP contribution in [0.3, 0.4) is 0 Å². The number of nitrogens with two attached hydrogens (primary N) is 1. The second-order valence-electron chi connectivity index (χ2n) is 7.81. The number of fused-ring (bicyclic) bond motifs is 1. The largest absolute Gasteiger partial charge is 0.489 e. The average Bonchev–Trinajstić information content (AvgIpc) is 3.42. The molecule has 1 aliphatic heterocycles. The van der Waals surface area contributed by atoms with E-state index in [2.05, 4.69) is 10.2 Å². The SMILES string of the molecule is NC(=O)C(CCC(=O)O)N1Cc2c(OCc3ccc(Cn4cnnc4)cc3)cccc2C1=O. The molecule has 1 aromatic heterocycles. The lowest BCUT2D eigenvalue weighted by Crippen LogP contribution is -2.45. The summed E-state index contributed by atoms with van der Waals surface area (Å²) in [5.74, 6) is -1.60. The molecule has 0 saturated carbocycles.